The van der Waals surface area contributed by atoms with Gasteiger partial charge in [0.15, 0.2) is 0 Å². The van der Waals surface area contributed by atoms with Crippen molar-refractivity contribution in [3.8, 4) is 0 Å². The number of esters is 1. The van der Waals surface area contributed by atoms with Crippen LogP contribution in [0.1, 0.15) is 125 Å². The third-order valence-corrected chi connectivity index (χ3v) is 12.5. The second kappa shape index (κ2) is 14.4. The minimum atomic E-state index is -0.922. The van der Waals surface area contributed by atoms with Gasteiger partial charge < -0.3 is 26.2 Å². The number of nitrogens with one attached hydrogen (secondary N) is 2. The Bertz CT molecular complexity index is 923. The molecule has 5 N–H and O–H groups in total. The summed E-state index contributed by atoms with van der Waals surface area (Å²) in [4.78, 5) is 11.9. The first-order valence-electron chi connectivity index (χ1n) is 17.7. The minimum absolute atomic E-state index is 0.109. The summed E-state index contributed by atoms with van der Waals surface area (Å²) in [5.74, 6) is 3.16. The van der Waals surface area contributed by atoms with E-state index in [9.17, 15) is 9.90 Å². The van der Waals surface area contributed by atoms with E-state index in [4.69, 9.17) is 10.5 Å². The van der Waals surface area contributed by atoms with Gasteiger partial charge in [-0.1, -0.05) is 65.5 Å². The van der Waals surface area contributed by atoms with E-state index in [0.717, 1.165) is 76.0 Å². The van der Waals surface area contributed by atoms with Crippen LogP contribution >= 0.6 is 0 Å². The zero-order chi connectivity index (χ0) is 30.5. The largest absolute Gasteiger partial charge is 0.462 e. The molecule has 0 aromatic heterocycles. The molecule has 0 saturated heterocycles. The van der Waals surface area contributed by atoms with E-state index in [0.29, 0.717) is 23.7 Å². The molecular formula is C36H65N3O3. The molecule has 0 radical (unpaired) electrons. The van der Waals surface area contributed by atoms with Gasteiger partial charge in [0.05, 0.1) is 11.6 Å². The molecule has 4 rings (SSSR count). The summed E-state index contributed by atoms with van der Waals surface area (Å²) >= 11 is 0. The van der Waals surface area contributed by atoms with Gasteiger partial charge >= 0.3 is 5.97 Å². The average molecular weight is 588 g/mol. The van der Waals surface area contributed by atoms with Crippen molar-refractivity contribution in [3.63, 3.8) is 0 Å². The Morgan fingerprint density at radius 3 is 2.45 bits per heavy atom. The molecule has 0 aromatic rings. The lowest BCUT2D eigenvalue weighted by molar-refractivity contribution is -0.192. The van der Waals surface area contributed by atoms with Crippen LogP contribution in [0.15, 0.2) is 11.6 Å². The van der Waals surface area contributed by atoms with Crippen molar-refractivity contribution in [3.05, 3.63) is 11.6 Å². The summed E-state index contributed by atoms with van der Waals surface area (Å²) < 4.78 is 5.73. The molecule has 6 heteroatoms. The van der Waals surface area contributed by atoms with Gasteiger partial charge in [-0.05, 0) is 119 Å². The molecule has 0 bridgehead atoms. The highest BCUT2D eigenvalue weighted by atomic mass is 16.5. The summed E-state index contributed by atoms with van der Waals surface area (Å²) in [6.45, 7) is 17.3. The minimum Gasteiger partial charge on any atom is -0.462 e. The van der Waals surface area contributed by atoms with Crippen LogP contribution in [0.2, 0.25) is 0 Å². The molecule has 42 heavy (non-hydrogen) atoms. The average Bonchev–Trinajstić information content (AvgIpc) is 3.28. The number of ether oxygens (including phenoxy) is 1. The van der Waals surface area contributed by atoms with Gasteiger partial charge in [-0.2, -0.15) is 0 Å². The van der Waals surface area contributed by atoms with E-state index >= 15 is 0 Å². The maximum atomic E-state index is 12.7. The van der Waals surface area contributed by atoms with E-state index in [1.54, 1.807) is 5.57 Å². The number of allylic oxidation sites excluding steroid dienone is 1. The van der Waals surface area contributed by atoms with Crippen LogP contribution < -0.4 is 16.4 Å². The van der Waals surface area contributed by atoms with Gasteiger partial charge in [0.2, 0.25) is 0 Å². The highest BCUT2D eigenvalue weighted by Crippen LogP contribution is 2.67. The van der Waals surface area contributed by atoms with E-state index < -0.39 is 5.60 Å². The fourth-order valence-electron chi connectivity index (χ4n) is 10.1. The van der Waals surface area contributed by atoms with Gasteiger partial charge in [0.25, 0.3) is 0 Å². The fourth-order valence-corrected chi connectivity index (χ4v) is 10.1. The lowest BCUT2D eigenvalue weighted by Gasteiger charge is -2.63. The van der Waals surface area contributed by atoms with E-state index in [1.165, 1.54) is 51.9 Å². The van der Waals surface area contributed by atoms with Crippen LogP contribution in [0.5, 0.6) is 0 Å². The molecule has 3 unspecified atom stereocenters. The predicted molar refractivity (Wildman–Crippen MR) is 173 cm³/mol. The first-order valence-corrected chi connectivity index (χ1v) is 17.7. The van der Waals surface area contributed by atoms with Crippen LogP contribution in [0.3, 0.4) is 0 Å². The first kappa shape index (κ1) is 33.9. The van der Waals surface area contributed by atoms with Crippen LogP contribution in [0.4, 0.5) is 0 Å². The third kappa shape index (κ3) is 6.97. The number of rotatable bonds is 15. The Kier molecular flexibility index (Phi) is 11.7. The molecule has 4 aliphatic rings. The normalized spacial score (nSPS) is 38.4. The number of hydrogen-bond donors (Lipinski definition) is 4. The molecule has 9 atom stereocenters. The molecule has 0 aliphatic heterocycles. The summed E-state index contributed by atoms with van der Waals surface area (Å²) in [7, 11) is 0. The second-order valence-corrected chi connectivity index (χ2v) is 15.6. The molecule has 0 heterocycles. The number of carbonyl (C=O) groups excluding carboxylic acids is 1. The number of carbonyl (C=O) groups is 1. The number of nitrogens with two attached hydrogens (primary N) is 1. The lowest BCUT2D eigenvalue weighted by atomic mass is 9.45. The van der Waals surface area contributed by atoms with Gasteiger partial charge in [-0.15, -0.1) is 0 Å². The van der Waals surface area contributed by atoms with Gasteiger partial charge in [0.1, 0.15) is 6.10 Å². The third-order valence-electron chi connectivity index (χ3n) is 12.5. The quantitative estimate of drug-likeness (QED) is 0.101. The van der Waals surface area contributed by atoms with Crippen molar-refractivity contribution in [1.29, 1.82) is 0 Å². The summed E-state index contributed by atoms with van der Waals surface area (Å²) in [5.41, 5.74) is 6.50. The molecule has 3 saturated carbocycles. The summed E-state index contributed by atoms with van der Waals surface area (Å²) in [6, 6.07) is -0.109. The molecule has 242 valence electrons. The van der Waals surface area contributed by atoms with Crippen LogP contribution in [0, 0.1) is 40.4 Å². The van der Waals surface area contributed by atoms with Crippen LogP contribution in [-0.2, 0) is 9.53 Å². The Labute approximate surface area is 257 Å². The number of unbranched alkanes of at least 4 members (excludes halogenated alkanes) is 1. The molecule has 0 amide bonds. The molecule has 0 spiro atoms. The molecule has 4 aliphatic carbocycles. The number of fused-ring (bicyclic) bond motifs is 5. The zero-order valence-corrected chi connectivity index (χ0v) is 28.0. The topological polar surface area (TPSA) is 96.6 Å². The zero-order valence-electron chi connectivity index (χ0n) is 28.0. The van der Waals surface area contributed by atoms with Crippen molar-refractivity contribution in [2.75, 3.05) is 26.2 Å². The molecule has 3 fully saturated rings. The monoisotopic (exact) mass is 588 g/mol. The van der Waals surface area contributed by atoms with Gasteiger partial charge in [0, 0.05) is 18.8 Å². The van der Waals surface area contributed by atoms with E-state index in [1.807, 2.05) is 0 Å². The Morgan fingerprint density at radius 1 is 1.00 bits per heavy atom. The predicted octanol–water partition coefficient (Wildman–Crippen LogP) is 6.36. The van der Waals surface area contributed by atoms with Gasteiger partial charge in [-0.3, -0.25) is 4.79 Å². The Balaban J connectivity index is 1.53. The lowest BCUT2D eigenvalue weighted by Crippen LogP contribution is -2.68. The van der Waals surface area contributed by atoms with Crippen LogP contribution in [0.25, 0.3) is 0 Å². The van der Waals surface area contributed by atoms with E-state index in [-0.39, 0.29) is 23.5 Å². The van der Waals surface area contributed by atoms with Crippen molar-refractivity contribution < 1.29 is 14.6 Å². The highest BCUT2D eigenvalue weighted by molar-refractivity contribution is 5.66. The fraction of sp³-hybridized carbons (Fsp3) is 0.917. The first-order chi connectivity index (χ1) is 20.0. The summed E-state index contributed by atoms with van der Waals surface area (Å²) in [5, 5.41) is 20.0. The maximum Gasteiger partial charge on any atom is 0.302 e. The Hall–Kier alpha value is -0.950. The van der Waals surface area contributed by atoms with E-state index in [2.05, 4.69) is 51.3 Å². The number of hydrogen-bond acceptors (Lipinski definition) is 6. The van der Waals surface area contributed by atoms with Crippen molar-refractivity contribution in [1.82, 2.24) is 10.6 Å². The van der Waals surface area contributed by atoms with Crippen LogP contribution in [-0.4, -0.2) is 55.0 Å². The smallest absolute Gasteiger partial charge is 0.302 e. The van der Waals surface area contributed by atoms with Crippen molar-refractivity contribution in [2.24, 2.45) is 46.2 Å². The Morgan fingerprint density at radius 2 is 1.74 bits per heavy atom. The number of aliphatic hydroxyl groups is 1. The molecule has 6 nitrogen and oxygen atoms in total. The SMILES string of the molecule is CC(=O)OC1CC[C@]2(C)[C@H]3CC[C@]4(C)[C@@H]([C@H](C)CCCC(C)C)CC[C@H]4C3=CC(NCCCCNCCCN)C2(O)C1. The molecule has 0 aromatic carbocycles. The highest BCUT2D eigenvalue weighted by Gasteiger charge is 2.65. The van der Waals surface area contributed by atoms with Crippen molar-refractivity contribution >= 4 is 5.97 Å². The second-order valence-electron chi connectivity index (χ2n) is 15.6. The summed E-state index contributed by atoms with van der Waals surface area (Å²) in [6.07, 6.45) is 16.9. The van der Waals surface area contributed by atoms with Crippen molar-refractivity contribution in [2.45, 2.75) is 143 Å². The van der Waals surface area contributed by atoms with Gasteiger partial charge in [-0.25, -0.2) is 0 Å². The maximum absolute atomic E-state index is 12.7. The molecular weight excluding hydrogens is 522 g/mol. The standard InChI is InChI=1S/C36H65N3O3/c1-25(2)11-9-12-26(3)30-13-14-31-29-23-33(39-22-8-7-20-38-21-10-19-37)36(41)24-28(42-27(4)40)15-18-35(36,6)32(29)16-17-34(30,31)5/h23,25-26,28,30-33,38-39,41H,7-22,24,37H2,1-6H3/t26-,28?,30-,31+,32+,33?,34-,35-,36?/m1/s1.